The first kappa shape index (κ1) is 16.5. The maximum Gasteiger partial charge on any atom is 0.0794 e. The molecule has 0 saturated heterocycles. The smallest absolute Gasteiger partial charge is 0.0794 e. The minimum atomic E-state index is 0. The molecule has 0 saturated carbocycles. The van der Waals surface area contributed by atoms with E-state index in [0.29, 0.717) is 0 Å². The zero-order chi connectivity index (χ0) is 10.4. The SMILES string of the molecule is CC(C)C[NH+](CC(C)C)CC(C)C.[B-]. The molecule has 0 atom stereocenters. The predicted octanol–water partition coefficient (Wildman–Crippen LogP) is 1.46. The average molecular weight is 197 g/mol. The maximum absolute atomic E-state index is 2.32. The molecule has 4 radical (unpaired) electrons. The summed E-state index contributed by atoms with van der Waals surface area (Å²) in [5.74, 6) is 2.48. The molecule has 0 aliphatic heterocycles. The topological polar surface area (TPSA) is 4.44 Å². The third-order valence-corrected chi connectivity index (χ3v) is 2.09. The van der Waals surface area contributed by atoms with E-state index in [0.717, 1.165) is 17.8 Å². The van der Waals surface area contributed by atoms with Crippen LogP contribution >= 0.6 is 0 Å². The van der Waals surface area contributed by atoms with Gasteiger partial charge in [0.2, 0.25) is 0 Å². The molecule has 14 heavy (non-hydrogen) atoms. The van der Waals surface area contributed by atoms with Gasteiger partial charge in [-0.3, -0.25) is 0 Å². The summed E-state index contributed by atoms with van der Waals surface area (Å²) in [7, 11) is 0. The quantitative estimate of drug-likeness (QED) is 0.615. The van der Waals surface area contributed by atoms with Crippen LogP contribution in [-0.4, -0.2) is 28.0 Å². The van der Waals surface area contributed by atoms with Crippen molar-refractivity contribution in [1.82, 2.24) is 0 Å². The first-order chi connectivity index (χ1) is 5.91. The van der Waals surface area contributed by atoms with Gasteiger partial charge in [-0.1, -0.05) is 41.5 Å². The third kappa shape index (κ3) is 10.1. The van der Waals surface area contributed by atoms with E-state index in [9.17, 15) is 0 Å². The van der Waals surface area contributed by atoms with Crippen molar-refractivity contribution in [2.75, 3.05) is 19.6 Å². The summed E-state index contributed by atoms with van der Waals surface area (Å²) in [6, 6.07) is 0. The highest BCUT2D eigenvalue weighted by Crippen LogP contribution is 1.91. The first-order valence-electron chi connectivity index (χ1n) is 5.75. The molecule has 0 heterocycles. The van der Waals surface area contributed by atoms with Crippen LogP contribution in [0.5, 0.6) is 0 Å². The van der Waals surface area contributed by atoms with Gasteiger partial charge in [0.05, 0.1) is 19.6 Å². The summed E-state index contributed by atoms with van der Waals surface area (Å²) in [5, 5.41) is 0. The maximum atomic E-state index is 2.32. The van der Waals surface area contributed by atoms with Gasteiger partial charge in [0.1, 0.15) is 0 Å². The second-order valence-corrected chi connectivity index (χ2v) is 5.54. The minimum Gasteiger partial charge on any atom is -1.00 e. The minimum absolute atomic E-state index is 0. The van der Waals surface area contributed by atoms with E-state index < -0.39 is 0 Å². The van der Waals surface area contributed by atoms with Gasteiger partial charge in [-0.25, -0.2) is 0 Å². The van der Waals surface area contributed by atoms with Crippen LogP contribution in [-0.2, 0) is 0 Å². The molecule has 1 N–H and O–H groups in total. The van der Waals surface area contributed by atoms with Crippen LogP contribution in [0.25, 0.3) is 0 Å². The highest BCUT2D eigenvalue weighted by molar-refractivity contribution is 5.75. The van der Waals surface area contributed by atoms with Crippen molar-refractivity contribution in [3.63, 3.8) is 0 Å². The van der Waals surface area contributed by atoms with Gasteiger partial charge in [-0.15, -0.1) is 0 Å². The molecule has 0 amide bonds. The fraction of sp³-hybridized carbons (Fsp3) is 1.00. The fourth-order valence-electron chi connectivity index (χ4n) is 1.98. The summed E-state index contributed by atoms with van der Waals surface area (Å²) < 4.78 is 0. The molecule has 0 aliphatic rings. The van der Waals surface area contributed by atoms with Gasteiger partial charge in [0, 0.05) is 17.8 Å². The second kappa shape index (κ2) is 8.34. The molecule has 0 aliphatic carbocycles. The molecule has 1 nitrogen and oxygen atoms in total. The Labute approximate surface area is 92.8 Å². The van der Waals surface area contributed by atoms with E-state index in [1.54, 1.807) is 4.90 Å². The van der Waals surface area contributed by atoms with Gasteiger partial charge < -0.3 is 13.3 Å². The van der Waals surface area contributed by atoms with Crippen molar-refractivity contribution in [3.8, 4) is 0 Å². The summed E-state index contributed by atoms with van der Waals surface area (Å²) in [5.41, 5.74) is 0. The molecule has 0 fully saturated rings. The summed E-state index contributed by atoms with van der Waals surface area (Å²) in [4.78, 5) is 1.78. The van der Waals surface area contributed by atoms with E-state index in [4.69, 9.17) is 0 Å². The van der Waals surface area contributed by atoms with Crippen LogP contribution in [0.1, 0.15) is 41.5 Å². The fourth-order valence-corrected chi connectivity index (χ4v) is 1.98. The van der Waals surface area contributed by atoms with Gasteiger partial charge in [0.25, 0.3) is 0 Å². The van der Waals surface area contributed by atoms with Crippen molar-refractivity contribution in [3.05, 3.63) is 0 Å². The molecule has 0 unspecified atom stereocenters. The normalized spacial score (nSPS) is 11.6. The Hall–Kier alpha value is 0.0249. The van der Waals surface area contributed by atoms with Gasteiger partial charge in [-0.2, -0.15) is 0 Å². The highest BCUT2D eigenvalue weighted by Gasteiger charge is 2.13. The van der Waals surface area contributed by atoms with Gasteiger partial charge in [-0.05, 0) is 0 Å². The Balaban J connectivity index is 0. The predicted molar refractivity (Wildman–Crippen MR) is 65.8 cm³/mol. The largest absolute Gasteiger partial charge is 1.00 e. The number of quaternary nitrogens is 1. The molecule has 0 spiro atoms. The Bertz CT molecular complexity index is 97.7. The number of hydrogen-bond acceptors (Lipinski definition) is 0. The summed E-state index contributed by atoms with van der Waals surface area (Å²) in [6.45, 7) is 17.9. The lowest BCUT2D eigenvalue weighted by Crippen LogP contribution is -3.13. The van der Waals surface area contributed by atoms with Crippen molar-refractivity contribution >= 4 is 8.41 Å². The molecule has 0 bridgehead atoms. The van der Waals surface area contributed by atoms with Crippen LogP contribution in [0.2, 0.25) is 0 Å². The van der Waals surface area contributed by atoms with Crippen molar-refractivity contribution in [2.24, 2.45) is 17.8 Å². The molecule has 2 heteroatoms. The molecule has 0 aromatic carbocycles. The molecule has 84 valence electrons. The van der Waals surface area contributed by atoms with Crippen LogP contribution in [0.4, 0.5) is 0 Å². The molecular formula is C12H28BN. The molecular weight excluding hydrogens is 169 g/mol. The van der Waals surface area contributed by atoms with Crippen LogP contribution in [0.3, 0.4) is 0 Å². The Morgan fingerprint density at radius 3 is 1.00 bits per heavy atom. The van der Waals surface area contributed by atoms with E-state index >= 15 is 0 Å². The molecule has 0 rings (SSSR count). The number of rotatable bonds is 6. The lowest BCUT2D eigenvalue weighted by Gasteiger charge is -2.24. The van der Waals surface area contributed by atoms with Crippen molar-refractivity contribution in [2.45, 2.75) is 41.5 Å². The zero-order valence-corrected chi connectivity index (χ0v) is 10.9. The van der Waals surface area contributed by atoms with Gasteiger partial charge >= 0.3 is 0 Å². The first-order valence-corrected chi connectivity index (χ1v) is 5.75. The molecule has 0 aromatic heterocycles. The third-order valence-electron chi connectivity index (χ3n) is 2.09. The lowest BCUT2D eigenvalue weighted by atomic mass is 10.1. The molecule has 0 aromatic rings. The van der Waals surface area contributed by atoms with E-state index in [1.807, 2.05) is 0 Å². The lowest BCUT2D eigenvalue weighted by molar-refractivity contribution is -0.909. The zero-order valence-electron chi connectivity index (χ0n) is 10.9. The van der Waals surface area contributed by atoms with Crippen molar-refractivity contribution < 1.29 is 4.90 Å². The van der Waals surface area contributed by atoms with Crippen LogP contribution in [0.15, 0.2) is 0 Å². The Kier molecular flexibility index (Phi) is 9.81. The van der Waals surface area contributed by atoms with E-state index in [-0.39, 0.29) is 8.41 Å². The average Bonchev–Trinajstić information content (AvgIpc) is 1.80. The van der Waals surface area contributed by atoms with Crippen LogP contribution < -0.4 is 4.90 Å². The number of nitrogens with one attached hydrogen (secondary N) is 1. The highest BCUT2D eigenvalue weighted by atomic mass is 15.1. The second-order valence-electron chi connectivity index (χ2n) is 5.54. The summed E-state index contributed by atoms with van der Waals surface area (Å²) in [6.07, 6.45) is 0. The van der Waals surface area contributed by atoms with Crippen LogP contribution in [0, 0.1) is 17.8 Å². The number of hydrogen-bond donors (Lipinski definition) is 1. The van der Waals surface area contributed by atoms with Gasteiger partial charge in [0.15, 0.2) is 0 Å². The van der Waals surface area contributed by atoms with E-state index in [2.05, 4.69) is 41.5 Å². The summed E-state index contributed by atoms with van der Waals surface area (Å²) >= 11 is 0. The Morgan fingerprint density at radius 2 is 0.857 bits per heavy atom. The monoisotopic (exact) mass is 197 g/mol. The standard InChI is InChI=1S/C12H27N.B/c1-10(2)7-13(8-11(3)4)9-12(5)6;/h10-12H,7-9H2,1-6H3;/q;-1/p+1. The Morgan fingerprint density at radius 1 is 0.643 bits per heavy atom. The van der Waals surface area contributed by atoms with E-state index in [1.165, 1.54) is 19.6 Å². The van der Waals surface area contributed by atoms with Crippen molar-refractivity contribution in [1.29, 1.82) is 0 Å².